The lowest BCUT2D eigenvalue weighted by Crippen LogP contribution is -2.50. The molecule has 1 unspecified atom stereocenters. The Kier molecular flexibility index (Phi) is 5.62. The lowest BCUT2D eigenvalue weighted by molar-refractivity contribution is -0.103. The molecule has 0 aromatic heterocycles. The van der Waals surface area contributed by atoms with E-state index in [1.165, 1.54) is 25.0 Å². The zero-order valence-corrected chi connectivity index (χ0v) is 12.2. The van der Waals surface area contributed by atoms with Gasteiger partial charge in [0.25, 0.3) is 0 Å². The summed E-state index contributed by atoms with van der Waals surface area (Å²) in [6.45, 7) is 8.69. The maximum Gasteiger partial charge on any atom is 0.0612 e. The molecule has 0 saturated heterocycles. The lowest BCUT2D eigenvalue weighted by Gasteiger charge is -2.40. The second-order valence-corrected chi connectivity index (χ2v) is 6.86. The molecule has 0 aromatic rings. The van der Waals surface area contributed by atoms with Gasteiger partial charge in [-0.05, 0) is 59.0 Å². The van der Waals surface area contributed by atoms with E-state index in [2.05, 4.69) is 39.3 Å². The molecule has 1 aliphatic rings. The second-order valence-electron chi connectivity index (χ2n) is 5.87. The number of hydrogen-bond acceptors (Lipinski definition) is 3. The molecule has 3 heteroatoms. The molecule has 0 spiro atoms. The second kappa shape index (κ2) is 6.27. The molecular weight excluding hydrogens is 218 g/mol. The minimum atomic E-state index is 0.0140. The molecule has 16 heavy (non-hydrogen) atoms. The van der Waals surface area contributed by atoms with E-state index in [9.17, 15) is 0 Å². The van der Waals surface area contributed by atoms with Crippen molar-refractivity contribution < 1.29 is 4.74 Å². The third-order valence-corrected chi connectivity index (χ3v) is 3.53. The van der Waals surface area contributed by atoms with Crippen LogP contribution < -0.4 is 5.32 Å². The largest absolute Gasteiger partial charge is 0.373 e. The van der Waals surface area contributed by atoms with Gasteiger partial charge in [0.15, 0.2) is 0 Å². The van der Waals surface area contributed by atoms with E-state index in [-0.39, 0.29) is 5.60 Å². The van der Waals surface area contributed by atoms with Crippen molar-refractivity contribution in [2.45, 2.75) is 70.7 Å². The summed E-state index contributed by atoms with van der Waals surface area (Å²) in [5.74, 6) is 1.25. The highest BCUT2D eigenvalue weighted by Crippen LogP contribution is 2.28. The molecule has 0 aliphatic heterocycles. The van der Waals surface area contributed by atoms with E-state index in [1.54, 1.807) is 0 Å². The van der Waals surface area contributed by atoms with E-state index < -0.39 is 0 Å². The molecule has 0 aromatic carbocycles. The van der Waals surface area contributed by atoms with Gasteiger partial charge >= 0.3 is 0 Å². The highest BCUT2D eigenvalue weighted by Gasteiger charge is 2.33. The molecule has 1 fully saturated rings. The smallest absolute Gasteiger partial charge is 0.0612 e. The van der Waals surface area contributed by atoms with Crippen LogP contribution in [0.15, 0.2) is 0 Å². The van der Waals surface area contributed by atoms with Crippen molar-refractivity contribution in [3.05, 3.63) is 0 Å². The highest BCUT2D eigenvalue weighted by atomic mass is 32.2. The van der Waals surface area contributed by atoms with Crippen molar-refractivity contribution in [3.8, 4) is 0 Å². The molecule has 2 nitrogen and oxygen atoms in total. The lowest BCUT2D eigenvalue weighted by atomic mass is 9.88. The van der Waals surface area contributed by atoms with Crippen molar-refractivity contribution in [1.82, 2.24) is 5.32 Å². The van der Waals surface area contributed by atoms with E-state index in [1.807, 2.05) is 11.8 Å². The van der Waals surface area contributed by atoms with Crippen LogP contribution in [0.4, 0.5) is 0 Å². The van der Waals surface area contributed by atoms with Crippen molar-refractivity contribution >= 4 is 11.8 Å². The molecule has 0 bridgehead atoms. The van der Waals surface area contributed by atoms with Gasteiger partial charge in [0, 0.05) is 12.1 Å². The summed E-state index contributed by atoms with van der Waals surface area (Å²) in [7, 11) is 0. The summed E-state index contributed by atoms with van der Waals surface area (Å²) in [4.78, 5) is 0. The van der Waals surface area contributed by atoms with Gasteiger partial charge in [0.2, 0.25) is 0 Å². The number of thioether (sulfide) groups is 1. The number of hydrogen-bond donors (Lipinski definition) is 1. The fourth-order valence-electron chi connectivity index (χ4n) is 2.08. The maximum atomic E-state index is 5.92. The molecule has 0 amide bonds. The molecule has 0 heterocycles. The molecule has 96 valence electrons. The number of rotatable bonds is 6. The quantitative estimate of drug-likeness (QED) is 0.777. The van der Waals surface area contributed by atoms with Gasteiger partial charge in [-0.1, -0.05) is 0 Å². The Morgan fingerprint density at radius 3 is 2.50 bits per heavy atom. The SMILES string of the molecule is CSCCC(C)NC1CC(OC(C)(C)C)C1. The Morgan fingerprint density at radius 1 is 1.38 bits per heavy atom. The predicted molar refractivity (Wildman–Crippen MR) is 73.2 cm³/mol. The first-order valence-electron chi connectivity index (χ1n) is 6.33. The fraction of sp³-hybridized carbons (Fsp3) is 1.00. The molecule has 1 atom stereocenters. The summed E-state index contributed by atoms with van der Waals surface area (Å²) in [6.07, 6.45) is 6.28. The zero-order valence-electron chi connectivity index (χ0n) is 11.4. The van der Waals surface area contributed by atoms with Crippen molar-refractivity contribution in [1.29, 1.82) is 0 Å². The van der Waals surface area contributed by atoms with Gasteiger partial charge in [0.1, 0.15) is 0 Å². The third kappa shape index (κ3) is 5.55. The standard InChI is InChI=1S/C13H27NOS/c1-10(6-7-16-5)14-11-8-12(9-11)15-13(2,3)4/h10-12,14H,6-9H2,1-5H3. The summed E-state index contributed by atoms with van der Waals surface area (Å²) in [5.41, 5.74) is 0.0140. The van der Waals surface area contributed by atoms with Gasteiger partial charge in [0.05, 0.1) is 11.7 Å². The number of ether oxygens (including phenoxy) is 1. The highest BCUT2D eigenvalue weighted by molar-refractivity contribution is 7.98. The molecule has 1 rings (SSSR count). The van der Waals surface area contributed by atoms with Gasteiger partial charge in [-0.25, -0.2) is 0 Å². The first-order valence-corrected chi connectivity index (χ1v) is 7.73. The summed E-state index contributed by atoms with van der Waals surface area (Å²) in [6, 6.07) is 1.33. The van der Waals surface area contributed by atoms with E-state index in [4.69, 9.17) is 4.74 Å². The normalized spacial score (nSPS) is 27.6. The maximum absolute atomic E-state index is 5.92. The Morgan fingerprint density at radius 2 is 2.00 bits per heavy atom. The number of nitrogens with one attached hydrogen (secondary N) is 1. The summed E-state index contributed by atoms with van der Waals surface area (Å²) >= 11 is 1.93. The average molecular weight is 245 g/mol. The van der Waals surface area contributed by atoms with E-state index in [0.717, 1.165) is 0 Å². The van der Waals surface area contributed by atoms with Crippen molar-refractivity contribution in [2.24, 2.45) is 0 Å². The monoisotopic (exact) mass is 245 g/mol. The fourth-order valence-corrected chi connectivity index (χ4v) is 2.67. The van der Waals surface area contributed by atoms with E-state index in [0.29, 0.717) is 18.2 Å². The molecule has 0 radical (unpaired) electrons. The molecular formula is C13H27NOS. The van der Waals surface area contributed by atoms with Crippen LogP contribution in [0.1, 0.15) is 47.0 Å². The average Bonchev–Trinajstić information content (AvgIpc) is 2.09. The summed E-state index contributed by atoms with van der Waals surface area (Å²) < 4.78 is 5.92. The topological polar surface area (TPSA) is 21.3 Å². The first-order chi connectivity index (χ1) is 7.40. The Hall–Kier alpha value is 0.270. The minimum Gasteiger partial charge on any atom is -0.373 e. The van der Waals surface area contributed by atoms with Crippen LogP contribution in [0.3, 0.4) is 0 Å². The van der Waals surface area contributed by atoms with E-state index >= 15 is 0 Å². The molecule has 1 saturated carbocycles. The van der Waals surface area contributed by atoms with Crippen LogP contribution in [-0.2, 0) is 4.74 Å². The molecule has 1 aliphatic carbocycles. The van der Waals surface area contributed by atoms with Gasteiger partial charge in [-0.2, -0.15) is 11.8 Å². The van der Waals surface area contributed by atoms with Crippen molar-refractivity contribution in [2.75, 3.05) is 12.0 Å². The third-order valence-electron chi connectivity index (χ3n) is 2.89. The van der Waals surface area contributed by atoms with Gasteiger partial charge in [-0.3, -0.25) is 0 Å². The first kappa shape index (κ1) is 14.3. The Labute approximate surface area is 105 Å². The Bertz CT molecular complexity index is 197. The Balaban J connectivity index is 2.07. The zero-order chi connectivity index (χ0) is 12.2. The van der Waals surface area contributed by atoms with Crippen molar-refractivity contribution in [3.63, 3.8) is 0 Å². The van der Waals surface area contributed by atoms with Crippen LogP contribution in [-0.4, -0.2) is 35.8 Å². The van der Waals surface area contributed by atoms with Crippen LogP contribution in [0.2, 0.25) is 0 Å². The van der Waals surface area contributed by atoms with Gasteiger partial charge < -0.3 is 10.1 Å². The molecule has 1 N–H and O–H groups in total. The minimum absolute atomic E-state index is 0.0140. The van der Waals surface area contributed by atoms with Crippen LogP contribution in [0, 0.1) is 0 Å². The predicted octanol–water partition coefficient (Wildman–Crippen LogP) is 3.06. The van der Waals surface area contributed by atoms with Gasteiger partial charge in [-0.15, -0.1) is 0 Å². The van der Waals surface area contributed by atoms with Crippen LogP contribution >= 0.6 is 11.8 Å². The van der Waals surface area contributed by atoms with Crippen LogP contribution in [0.5, 0.6) is 0 Å². The summed E-state index contributed by atoms with van der Waals surface area (Å²) in [5, 5.41) is 3.67. The van der Waals surface area contributed by atoms with Crippen LogP contribution in [0.25, 0.3) is 0 Å².